The predicted octanol–water partition coefficient (Wildman–Crippen LogP) is 3.03. The van der Waals surface area contributed by atoms with Crippen LogP contribution in [0.15, 0.2) is 35.3 Å². The molecule has 4 heteroatoms. The maximum Gasteiger partial charge on any atom is 0.255 e. The predicted molar refractivity (Wildman–Crippen MR) is 89.5 cm³/mol. The molecule has 22 heavy (non-hydrogen) atoms. The van der Waals surface area contributed by atoms with E-state index in [1.165, 1.54) is 6.42 Å². The molecule has 1 aromatic heterocycles. The van der Waals surface area contributed by atoms with Crippen LogP contribution in [0, 0.1) is 5.92 Å². The van der Waals surface area contributed by atoms with Crippen molar-refractivity contribution >= 4 is 10.8 Å². The van der Waals surface area contributed by atoms with Gasteiger partial charge in [0.05, 0.1) is 6.10 Å². The third kappa shape index (κ3) is 3.33. The molecule has 2 atom stereocenters. The van der Waals surface area contributed by atoms with Gasteiger partial charge in [-0.1, -0.05) is 6.92 Å². The number of nitrogens with zero attached hydrogens (tertiary/aromatic N) is 1. The van der Waals surface area contributed by atoms with Gasteiger partial charge in [-0.2, -0.15) is 0 Å². The van der Waals surface area contributed by atoms with Gasteiger partial charge in [0, 0.05) is 18.1 Å². The van der Waals surface area contributed by atoms with Crippen molar-refractivity contribution in [1.82, 2.24) is 9.88 Å². The van der Waals surface area contributed by atoms with Gasteiger partial charge in [-0.3, -0.25) is 4.79 Å². The average Bonchev–Trinajstić information content (AvgIpc) is 2.94. The molecular formula is C18H24N2O2. The summed E-state index contributed by atoms with van der Waals surface area (Å²) in [4.78, 5) is 16.8. The van der Waals surface area contributed by atoms with E-state index in [4.69, 9.17) is 4.74 Å². The van der Waals surface area contributed by atoms with E-state index in [9.17, 15) is 4.79 Å². The van der Waals surface area contributed by atoms with Crippen LogP contribution in [0.25, 0.3) is 10.8 Å². The van der Waals surface area contributed by atoms with Crippen LogP contribution in [-0.4, -0.2) is 36.1 Å². The molecule has 0 radical (unpaired) electrons. The van der Waals surface area contributed by atoms with Gasteiger partial charge in [-0.25, -0.2) is 0 Å². The summed E-state index contributed by atoms with van der Waals surface area (Å²) in [6.45, 7) is 4.45. The summed E-state index contributed by atoms with van der Waals surface area (Å²) in [7, 11) is 2.18. The van der Waals surface area contributed by atoms with Crippen LogP contribution in [0.1, 0.15) is 26.2 Å². The van der Waals surface area contributed by atoms with Crippen LogP contribution in [-0.2, 0) is 0 Å². The minimum Gasteiger partial charge on any atom is -0.490 e. The first kappa shape index (κ1) is 15.1. The Balaban J connectivity index is 1.66. The Bertz CT molecular complexity index is 695. The highest BCUT2D eigenvalue weighted by Crippen LogP contribution is 2.30. The molecule has 0 saturated heterocycles. The lowest BCUT2D eigenvalue weighted by atomic mass is 10.1. The molecule has 1 aliphatic rings. The Morgan fingerprint density at radius 2 is 2.18 bits per heavy atom. The van der Waals surface area contributed by atoms with Crippen molar-refractivity contribution in [2.45, 2.75) is 32.3 Å². The zero-order chi connectivity index (χ0) is 15.5. The lowest BCUT2D eigenvalue weighted by Gasteiger charge is -2.19. The Hall–Kier alpha value is -1.81. The molecule has 4 nitrogen and oxygen atoms in total. The van der Waals surface area contributed by atoms with Gasteiger partial charge in [0.2, 0.25) is 0 Å². The number of hydrogen-bond acceptors (Lipinski definition) is 3. The van der Waals surface area contributed by atoms with Crippen LogP contribution in [0.5, 0.6) is 5.75 Å². The number of hydrogen-bond donors (Lipinski definition) is 1. The van der Waals surface area contributed by atoms with Crippen molar-refractivity contribution in [3.05, 3.63) is 40.8 Å². The summed E-state index contributed by atoms with van der Waals surface area (Å²) in [5.41, 5.74) is -0.0485. The topological polar surface area (TPSA) is 45.3 Å². The maximum absolute atomic E-state index is 11.7. The van der Waals surface area contributed by atoms with Crippen LogP contribution in [0.2, 0.25) is 0 Å². The summed E-state index contributed by atoms with van der Waals surface area (Å²) in [6, 6.07) is 7.64. The average molecular weight is 300 g/mol. The first-order valence-electron chi connectivity index (χ1n) is 8.12. The normalized spacial score (nSPS) is 21.6. The number of H-pyrrole nitrogens is 1. The minimum atomic E-state index is -0.0485. The van der Waals surface area contributed by atoms with Gasteiger partial charge in [0.25, 0.3) is 5.56 Å². The van der Waals surface area contributed by atoms with Crippen LogP contribution in [0.4, 0.5) is 0 Å². The first-order chi connectivity index (χ1) is 10.7. The quantitative estimate of drug-likeness (QED) is 0.923. The van der Waals surface area contributed by atoms with Crippen molar-refractivity contribution in [3.8, 4) is 5.75 Å². The largest absolute Gasteiger partial charge is 0.490 e. The molecule has 0 spiro atoms. The van der Waals surface area contributed by atoms with E-state index < -0.39 is 0 Å². The lowest BCUT2D eigenvalue weighted by molar-refractivity contribution is 0.197. The van der Waals surface area contributed by atoms with Gasteiger partial charge in [0.1, 0.15) is 5.75 Å². The molecule has 2 aromatic rings. The Kier molecular flexibility index (Phi) is 4.48. The van der Waals surface area contributed by atoms with Crippen molar-refractivity contribution in [1.29, 1.82) is 0 Å². The molecule has 1 saturated carbocycles. The second-order valence-electron chi connectivity index (χ2n) is 6.33. The molecule has 1 N–H and O–H groups in total. The number of pyridine rings is 1. The van der Waals surface area contributed by atoms with Gasteiger partial charge in [-0.05, 0) is 68.4 Å². The van der Waals surface area contributed by atoms with Crippen molar-refractivity contribution in [2.24, 2.45) is 5.92 Å². The Labute approximate surface area is 131 Å². The molecule has 1 fully saturated rings. The SMILES string of the molecule is CCN(C)CC1CCC(Oc2ccc3c(=O)[nH]ccc3c2)C1. The monoisotopic (exact) mass is 300 g/mol. The number of fused-ring (bicyclic) bond motifs is 1. The summed E-state index contributed by atoms with van der Waals surface area (Å²) in [5.74, 6) is 1.60. The summed E-state index contributed by atoms with van der Waals surface area (Å²) >= 11 is 0. The first-order valence-corrected chi connectivity index (χ1v) is 8.12. The van der Waals surface area contributed by atoms with Gasteiger partial charge in [0.15, 0.2) is 0 Å². The highest BCUT2D eigenvalue weighted by atomic mass is 16.5. The second kappa shape index (κ2) is 6.53. The molecule has 2 unspecified atom stereocenters. The molecule has 0 amide bonds. The summed E-state index contributed by atoms with van der Waals surface area (Å²) in [5, 5.41) is 1.64. The fraction of sp³-hybridized carbons (Fsp3) is 0.500. The van der Waals surface area contributed by atoms with E-state index in [2.05, 4.69) is 23.9 Å². The molecule has 0 bridgehead atoms. The number of rotatable bonds is 5. The number of aromatic nitrogens is 1. The van der Waals surface area contributed by atoms with Crippen molar-refractivity contribution < 1.29 is 4.74 Å². The molecule has 1 aromatic carbocycles. The van der Waals surface area contributed by atoms with E-state index in [-0.39, 0.29) is 5.56 Å². The molecule has 1 heterocycles. The molecule has 1 aliphatic carbocycles. The number of aromatic amines is 1. The van der Waals surface area contributed by atoms with Crippen molar-refractivity contribution in [2.75, 3.05) is 20.1 Å². The van der Waals surface area contributed by atoms with Crippen LogP contribution >= 0.6 is 0 Å². The summed E-state index contributed by atoms with van der Waals surface area (Å²) in [6.07, 6.45) is 5.46. The fourth-order valence-corrected chi connectivity index (χ4v) is 3.31. The van der Waals surface area contributed by atoms with E-state index in [1.54, 1.807) is 6.20 Å². The standard InChI is InChI=1S/C18H24N2O2/c1-3-20(2)12-13-4-5-15(10-13)22-16-6-7-17-14(11-16)8-9-19-18(17)21/h6-9,11,13,15H,3-5,10,12H2,1-2H3,(H,19,21). The second-order valence-corrected chi connectivity index (χ2v) is 6.33. The number of nitrogens with one attached hydrogen (secondary N) is 1. The zero-order valence-corrected chi connectivity index (χ0v) is 13.3. The number of benzene rings is 1. The molecule has 3 rings (SSSR count). The van der Waals surface area contributed by atoms with E-state index >= 15 is 0 Å². The third-order valence-electron chi connectivity index (χ3n) is 4.65. The molecule has 0 aliphatic heterocycles. The summed E-state index contributed by atoms with van der Waals surface area (Å²) < 4.78 is 6.14. The fourth-order valence-electron chi connectivity index (χ4n) is 3.31. The third-order valence-corrected chi connectivity index (χ3v) is 4.65. The van der Waals surface area contributed by atoms with Gasteiger partial charge in [-0.15, -0.1) is 0 Å². The highest BCUT2D eigenvalue weighted by molar-refractivity contribution is 5.82. The smallest absolute Gasteiger partial charge is 0.255 e. The number of ether oxygens (including phenoxy) is 1. The highest BCUT2D eigenvalue weighted by Gasteiger charge is 2.26. The molecule has 118 valence electrons. The Morgan fingerprint density at radius 1 is 1.32 bits per heavy atom. The van der Waals surface area contributed by atoms with E-state index in [0.717, 1.165) is 43.0 Å². The van der Waals surface area contributed by atoms with E-state index in [1.807, 2.05) is 24.3 Å². The molecular weight excluding hydrogens is 276 g/mol. The van der Waals surface area contributed by atoms with E-state index in [0.29, 0.717) is 11.5 Å². The minimum absolute atomic E-state index is 0.0485. The maximum atomic E-state index is 11.7. The van der Waals surface area contributed by atoms with Crippen molar-refractivity contribution in [3.63, 3.8) is 0 Å². The lowest BCUT2D eigenvalue weighted by Crippen LogP contribution is -2.25. The zero-order valence-electron chi connectivity index (χ0n) is 13.3. The Morgan fingerprint density at radius 3 is 3.00 bits per heavy atom. The van der Waals surface area contributed by atoms with Gasteiger partial charge >= 0.3 is 0 Å². The van der Waals surface area contributed by atoms with Crippen LogP contribution in [0.3, 0.4) is 0 Å². The van der Waals surface area contributed by atoms with Crippen LogP contribution < -0.4 is 10.3 Å². The van der Waals surface area contributed by atoms with Gasteiger partial charge < -0.3 is 14.6 Å².